The van der Waals surface area contributed by atoms with E-state index in [0.29, 0.717) is 0 Å². The number of rotatable bonds is 11. The maximum atomic E-state index is 5.47. The van der Waals surface area contributed by atoms with E-state index >= 15 is 0 Å². The van der Waals surface area contributed by atoms with Gasteiger partial charge in [-0.2, -0.15) is 0 Å². The fourth-order valence-electron chi connectivity index (χ4n) is 2.60. The van der Waals surface area contributed by atoms with Crippen molar-refractivity contribution >= 4 is 23.2 Å². The Morgan fingerprint density at radius 1 is 0.739 bits per heavy atom. The van der Waals surface area contributed by atoms with Gasteiger partial charge in [-0.25, -0.2) is 0 Å². The molecule has 3 nitrogen and oxygen atoms in total. The van der Waals surface area contributed by atoms with E-state index in [2.05, 4.69) is 53.1 Å². The van der Waals surface area contributed by atoms with Crippen molar-refractivity contribution in [2.45, 2.75) is 32.2 Å². The zero-order chi connectivity index (χ0) is 15.5. The monoisotopic (exact) mass is 335 g/mol. The molecule has 0 amide bonds. The average molecular weight is 336 g/mol. The van der Waals surface area contributed by atoms with Gasteiger partial charge in [-0.15, -0.1) is 12.4 Å². The third kappa shape index (κ3) is 7.80. The zero-order valence-electron chi connectivity index (χ0n) is 13.9. The van der Waals surface area contributed by atoms with E-state index in [4.69, 9.17) is 5.73 Å². The Bertz CT molecular complexity index is 545. The first kappa shape index (κ1) is 19.9. The lowest BCUT2D eigenvalue weighted by molar-refractivity contribution is 0.568. The second-order valence-electron chi connectivity index (χ2n) is 5.81. The van der Waals surface area contributed by atoms with E-state index in [1.807, 2.05) is 0 Å². The van der Waals surface area contributed by atoms with Crippen LogP contribution in [-0.4, -0.2) is 26.2 Å². The van der Waals surface area contributed by atoms with Crippen LogP contribution >= 0.6 is 12.4 Å². The highest BCUT2D eigenvalue weighted by atomic mass is 35.5. The molecule has 0 saturated carbocycles. The summed E-state index contributed by atoms with van der Waals surface area (Å²) >= 11 is 0. The number of nitrogens with two attached hydrogens (primary N) is 1. The van der Waals surface area contributed by atoms with Crippen LogP contribution in [0.2, 0.25) is 0 Å². The van der Waals surface area contributed by atoms with Crippen LogP contribution in [-0.2, 0) is 6.54 Å². The molecule has 0 heterocycles. The van der Waals surface area contributed by atoms with Gasteiger partial charge >= 0.3 is 0 Å². The van der Waals surface area contributed by atoms with Gasteiger partial charge in [0.05, 0.1) is 0 Å². The summed E-state index contributed by atoms with van der Waals surface area (Å²) in [5.74, 6) is 0. The van der Waals surface area contributed by atoms with Crippen LogP contribution in [0.5, 0.6) is 0 Å². The fourth-order valence-corrected chi connectivity index (χ4v) is 2.60. The van der Waals surface area contributed by atoms with Crippen LogP contribution in [0, 0.1) is 0 Å². The normalized spacial score (nSPS) is 10.7. The molecule has 0 aliphatic carbocycles. The second kappa shape index (κ2) is 12.3. The van der Waals surface area contributed by atoms with Gasteiger partial charge in [-0.3, -0.25) is 0 Å². The molecule has 2 rings (SSSR count). The van der Waals surface area contributed by atoms with Gasteiger partial charge < -0.3 is 16.4 Å². The minimum Gasteiger partial charge on any atom is -0.330 e. The lowest BCUT2D eigenvalue weighted by Crippen LogP contribution is -2.20. The van der Waals surface area contributed by atoms with Crippen LogP contribution in [0.1, 0.15) is 31.2 Å². The van der Waals surface area contributed by atoms with Crippen LogP contribution in [0.25, 0.3) is 10.8 Å². The topological polar surface area (TPSA) is 50.1 Å². The number of benzene rings is 2. The molecule has 4 heteroatoms. The molecule has 0 aliphatic heterocycles. The Hall–Kier alpha value is -1.13. The number of hydrogen-bond donors (Lipinski definition) is 3. The summed E-state index contributed by atoms with van der Waals surface area (Å²) in [5, 5.41) is 9.63. The molecule has 0 aromatic heterocycles. The number of nitrogens with one attached hydrogen (secondary N) is 2. The van der Waals surface area contributed by atoms with Gasteiger partial charge in [0, 0.05) is 6.54 Å². The molecule has 0 bridgehead atoms. The van der Waals surface area contributed by atoms with Crippen LogP contribution < -0.4 is 16.4 Å². The Balaban J connectivity index is 0.00000264. The smallest absolute Gasteiger partial charge is 0.0205 e. The molecule has 2 aromatic carbocycles. The highest BCUT2D eigenvalue weighted by molar-refractivity contribution is 5.85. The van der Waals surface area contributed by atoms with E-state index in [1.54, 1.807) is 0 Å². The van der Waals surface area contributed by atoms with Crippen molar-refractivity contribution in [2.24, 2.45) is 5.73 Å². The summed E-state index contributed by atoms with van der Waals surface area (Å²) in [7, 11) is 0. The average Bonchev–Trinajstić information content (AvgIpc) is 2.56. The molecule has 128 valence electrons. The van der Waals surface area contributed by atoms with Gasteiger partial charge in [0.1, 0.15) is 0 Å². The Kier molecular flexibility index (Phi) is 10.7. The maximum absolute atomic E-state index is 5.47. The molecule has 0 radical (unpaired) electrons. The van der Waals surface area contributed by atoms with Crippen LogP contribution in [0.3, 0.4) is 0 Å². The summed E-state index contributed by atoms with van der Waals surface area (Å²) < 4.78 is 0. The molecule has 0 atom stereocenters. The van der Waals surface area contributed by atoms with E-state index in [9.17, 15) is 0 Å². The maximum Gasteiger partial charge on any atom is 0.0205 e. The number of hydrogen-bond acceptors (Lipinski definition) is 3. The standard InChI is InChI=1S/C19H29N3.ClH/c20-11-3-4-12-21-13-5-6-14-22-16-17-9-10-18-7-1-2-8-19(18)15-17;/h1-2,7-10,15,21-22H,3-6,11-14,16,20H2;1H. The summed E-state index contributed by atoms with van der Waals surface area (Å²) in [6.45, 7) is 5.05. The van der Waals surface area contributed by atoms with Crippen molar-refractivity contribution in [1.82, 2.24) is 10.6 Å². The van der Waals surface area contributed by atoms with Crippen molar-refractivity contribution in [3.63, 3.8) is 0 Å². The van der Waals surface area contributed by atoms with Gasteiger partial charge in [-0.05, 0) is 74.3 Å². The minimum absolute atomic E-state index is 0. The Labute approximate surface area is 146 Å². The third-order valence-electron chi connectivity index (χ3n) is 3.91. The lowest BCUT2D eigenvalue weighted by Gasteiger charge is -2.07. The van der Waals surface area contributed by atoms with E-state index in [0.717, 1.165) is 39.1 Å². The predicted molar refractivity (Wildman–Crippen MR) is 103 cm³/mol. The molecule has 23 heavy (non-hydrogen) atoms. The molecular formula is C19H30ClN3. The number of halogens is 1. The van der Waals surface area contributed by atoms with Crippen molar-refractivity contribution in [3.05, 3.63) is 48.0 Å². The van der Waals surface area contributed by atoms with Crippen LogP contribution in [0.4, 0.5) is 0 Å². The molecule has 4 N–H and O–H groups in total. The molecular weight excluding hydrogens is 306 g/mol. The molecule has 0 spiro atoms. The highest BCUT2D eigenvalue weighted by Crippen LogP contribution is 2.15. The first-order chi connectivity index (χ1) is 10.9. The summed E-state index contributed by atoms with van der Waals surface area (Å²) in [4.78, 5) is 0. The van der Waals surface area contributed by atoms with E-state index in [1.165, 1.54) is 35.6 Å². The van der Waals surface area contributed by atoms with Crippen molar-refractivity contribution in [1.29, 1.82) is 0 Å². The molecule has 0 aliphatic rings. The molecule has 0 saturated heterocycles. The molecule has 0 unspecified atom stereocenters. The fraction of sp³-hybridized carbons (Fsp3) is 0.474. The van der Waals surface area contributed by atoms with Gasteiger partial charge in [-0.1, -0.05) is 36.4 Å². The Morgan fingerprint density at radius 2 is 1.39 bits per heavy atom. The zero-order valence-corrected chi connectivity index (χ0v) is 14.7. The first-order valence-electron chi connectivity index (χ1n) is 8.49. The van der Waals surface area contributed by atoms with E-state index < -0.39 is 0 Å². The van der Waals surface area contributed by atoms with Gasteiger partial charge in [0.2, 0.25) is 0 Å². The second-order valence-corrected chi connectivity index (χ2v) is 5.81. The van der Waals surface area contributed by atoms with Crippen molar-refractivity contribution in [2.75, 3.05) is 26.2 Å². The summed E-state index contributed by atoms with van der Waals surface area (Å²) in [5.41, 5.74) is 6.83. The minimum atomic E-state index is 0. The largest absolute Gasteiger partial charge is 0.330 e. The Morgan fingerprint density at radius 3 is 2.13 bits per heavy atom. The van der Waals surface area contributed by atoms with E-state index in [-0.39, 0.29) is 12.4 Å². The summed E-state index contributed by atoms with van der Waals surface area (Å²) in [6, 6.07) is 15.2. The predicted octanol–water partition coefficient (Wildman–Crippen LogP) is 3.46. The highest BCUT2D eigenvalue weighted by Gasteiger charge is 1.96. The number of unbranched alkanes of at least 4 members (excludes halogenated alkanes) is 2. The summed E-state index contributed by atoms with van der Waals surface area (Å²) in [6.07, 6.45) is 4.77. The molecule has 2 aromatic rings. The van der Waals surface area contributed by atoms with Gasteiger partial charge in [0.15, 0.2) is 0 Å². The quantitative estimate of drug-likeness (QED) is 0.551. The third-order valence-corrected chi connectivity index (χ3v) is 3.91. The lowest BCUT2D eigenvalue weighted by atomic mass is 10.1. The SMILES string of the molecule is Cl.NCCCCNCCCCNCc1ccc2ccccc2c1. The van der Waals surface area contributed by atoms with Crippen LogP contribution in [0.15, 0.2) is 42.5 Å². The van der Waals surface area contributed by atoms with Crippen molar-refractivity contribution in [3.8, 4) is 0 Å². The number of fused-ring (bicyclic) bond motifs is 1. The van der Waals surface area contributed by atoms with Gasteiger partial charge in [0.25, 0.3) is 0 Å². The van der Waals surface area contributed by atoms with Crippen molar-refractivity contribution < 1.29 is 0 Å². The first-order valence-corrected chi connectivity index (χ1v) is 8.49. The molecule has 0 fully saturated rings.